The van der Waals surface area contributed by atoms with Gasteiger partial charge in [-0.3, -0.25) is 4.99 Å². The highest BCUT2D eigenvalue weighted by Gasteiger charge is 2.08. The van der Waals surface area contributed by atoms with Gasteiger partial charge in [-0.1, -0.05) is 45.1 Å². The molecule has 0 spiro atoms. The average molecular weight is 398 g/mol. The van der Waals surface area contributed by atoms with Crippen LogP contribution in [-0.4, -0.2) is 17.9 Å². The van der Waals surface area contributed by atoms with Crippen LogP contribution in [-0.2, 0) is 0 Å². The van der Waals surface area contributed by atoms with E-state index in [1.807, 2.05) is 18.3 Å². The van der Waals surface area contributed by atoms with Crippen molar-refractivity contribution in [3.05, 3.63) is 53.4 Å². The first-order chi connectivity index (χ1) is 13.3. The Morgan fingerprint density at radius 3 is 2.56 bits per heavy atom. The van der Waals surface area contributed by atoms with Crippen LogP contribution in [0.3, 0.4) is 0 Å². The van der Waals surface area contributed by atoms with E-state index in [9.17, 15) is 5.11 Å². The fraction of sp³-hybridized carbons (Fsp3) is 0.348. The molecule has 0 radical (unpaired) electrons. The number of aliphatic imine (C=N–C) groups is 1. The van der Waals surface area contributed by atoms with Crippen molar-refractivity contribution in [3.8, 4) is 25.9 Å². The molecular weight excluding hydrogens is 370 g/mol. The van der Waals surface area contributed by atoms with E-state index in [1.165, 1.54) is 46.7 Å². The number of unbranched alkanes of at least 4 members (excludes halogenated alkanes) is 5. The van der Waals surface area contributed by atoms with Crippen LogP contribution in [0.5, 0.6) is 5.75 Å². The van der Waals surface area contributed by atoms with Crippen molar-refractivity contribution in [2.45, 2.75) is 45.4 Å². The molecule has 4 heteroatoms. The van der Waals surface area contributed by atoms with E-state index in [-0.39, 0.29) is 0 Å². The third kappa shape index (κ3) is 5.78. The molecule has 2 nitrogen and oxygen atoms in total. The van der Waals surface area contributed by atoms with Crippen LogP contribution >= 0.6 is 22.7 Å². The lowest BCUT2D eigenvalue weighted by atomic mass is 10.1. The zero-order chi connectivity index (χ0) is 18.9. The Bertz CT molecular complexity index is 849. The van der Waals surface area contributed by atoms with Crippen LogP contribution in [0.2, 0.25) is 0 Å². The zero-order valence-electron chi connectivity index (χ0n) is 15.9. The molecule has 27 heavy (non-hydrogen) atoms. The average Bonchev–Trinajstić information content (AvgIpc) is 3.36. The Morgan fingerprint density at radius 2 is 1.74 bits per heavy atom. The number of aromatic hydroxyl groups is 1. The number of benzene rings is 1. The third-order valence-corrected chi connectivity index (χ3v) is 6.75. The lowest BCUT2D eigenvalue weighted by Crippen LogP contribution is -1.88. The van der Waals surface area contributed by atoms with E-state index in [1.54, 1.807) is 28.7 Å². The van der Waals surface area contributed by atoms with Crippen LogP contribution in [0, 0.1) is 0 Å². The monoisotopic (exact) mass is 397 g/mol. The molecule has 0 fully saturated rings. The lowest BCUT2D eigenvalue weighted by Gasteiger charge is -2.03. The van der Waals surface area contributed by atoms with Crippen molar-refractivity contribution in [1.29, 1.82) is 0 Å². The highest BCUT2D eigenvalue weighted by atomic mass is 32.1. The Hall–Kier alpha value is -1.91. The first-order valence-corrected chi connectivity index (χ1v) is 11.4. The molecule has 1 aromatic carbocycles. The number of phenols is 1. The van der Waals surface area contributed by atoms with E-state index in [4.69, 9.17) is 0 Å². The lowest BCUT2D eigenvalue weighted by molar-refractivity contribution is 0.474. The molecule has 1 N–H and O–H groups in total. The molecule has 0 bridgehead atoms. The summed E-state index contributed by atoms with van der Waals surface area (Å²) in [6.45, 7) is 3.07. The molecule has 142 valence electrons. The summed E-state index contributed by atoms with van der Waals surface area (Å²) in [5, 5.41) is 12.3. The Balaban J connectivity index is 1.60. The van der Waals surface area contributed by atoms with Crippen LogP contribution in [0.25, 0.3) is 20.2 Å². The van der Waals surface area contributed by atoms with E-state index in [2.05, 4.69) is 41.6 Å². The van der Waals surface area contributed by atoms with Gasteiger partial charge in [0.1, 0.15) is 5.75 Å². The fourth-order valence-corrected chi connectivity index (χ4v) is 4.84. The second kappa shape index (κ2) is 10.4. The Kier molecular flexibility index (Phi) is 7.66. The first kappa shape index (κ1) is 19.8. The zero-order valence-corrected chi connectivity index (χ0v) is 17.5. The third-order valence-electron chi connectivity index (χ3n) is 4.55. The minimum absolute atomic E-state index is 0.292. The Labute approximate surface area is 170 Å². The van der Waals surface area contributed by atoms with Crippen molar-refractivity contribution in [3.63, 3.8) is 0 Å². The number of phenolic OH excluding ortho intramolecular Hbond substituents is 1. The SMILES string of the molecule is CCCCCCCCN=Cc1cc(-c2ccc(-c3cccs3)s2)ccc1O. The van der Waals surface area contributed by atoms with Gasteiger partial charge in [-0.05, 0) is 53.8 Å². The summed E-state index contributed by atoms with van der Waals surface area (Å²) in [7, 11) is 0. The number of thiophene rings is 2. The van der Waals surface area contributed by atoms with Crippen molar-refractivity contribution < 1.29 is 5.11 Å². The summed E-state index contributed by atoms with van der Waals surface area (Å²) in [6, 6.07) is 14.3. The van der Waals surface area contributed by atoms with E-state index in [0.717, 1.165) is 24.1 Å². The summed E-state index contributed by atoms with van der Waals surface area (Å²) in [6.07, 6.45) is 9.43. The quantitative estimate of drug-likeness (QED) is 0.277. The Morgan fingerprint density at radius 1 is 0.926 bits per heavy atom. The largest absolute Gasteiger partial charge is 0.507 e. The van der Waals surface area contributed by atoms with Crippen molar-refractivity contribution in [2.75, 3.05) is 6.54 Å². The summed E-state index contributed by atoms with van der Waals surface area (Å²) >= 11 is 3.54. The van der Waals surface area contributed by atoms with Crippen molar-refractivity contribution in [2.24, 2.45) is 4.99 Å². The maximum Gasteiger partial charge on any atom is 0.124 e. The summed E-state index contributed by atoms with van der Waals surface area (Å²) in [4.78, 5) is 8.31. The van der Waals surface area contributed by atoms with Gasteiger partial charge in [-0.2, -0.15) is 0 Å². The molecule has 0 aliphatic carbocycles. The molecular formula is C23H27NOS2. The maximum absolute atomic E-state index is 10.2. The van der Waals surface area contributed by atoms with E-state index in [0.29, 0.717) is 5.75 Å². The summed E-state index contributed by atoms with van der Waals surface area (Å²) < 4.78 is 0. The molecule has 3 rings (SSSR count). The van der Waals surface area contributed by atoms with E-state index >= 15 is 0 Å². The second-order valence-electron chi connectivity index (χ2n) is 6.72. The van der Waals surface area contributed by atoms with Crippen LogP contribution in [0.1, 0.15) is 51.0 Å². The standard InChI is InChI=1S/C23H27NOS2/c1-2-3-4-5-6-7-14-24-17-19-16-18(10-11-20(19)25)21-12-13-23(27-21)22-9-8-15-26-22/h8-13,15-17,25H,2-7,14H2,1H3. The molecule has 2 aromatic heterocycles. The van der Waals surface area contributed by atoms with Gasteiger partial charge in [0.2, 0.25) is 0 Å². The summed E-state index contributed by atoms with van der Waals surface area (Å²) in [5.41, 5.74) is 1.92. The molecule has 0 amide bonds. The number of nitrogens with zero attached hydrogens (tertiary/aromatic N) is 1. The van der Waals surface area contributed by atoms with Gasteiger partial charge in [0.25, 0.3) is 0 Å². The molecule has 0 saturated carbocycles. The van der Waals surface area contributed by atoms with Crippen molar-refractivity contribution in [1.82, 2.24) is 0 Å². The number of hydrogen-bond acceptors (Lipinski definition) is 4. The van der Waals surface area contributed by atoms with Gasteiger partial charge in [0.15, 0.2) is 0 Å². The number of rotatable bonds is 10. The highest BCUT2D eigenvalue weighted by molar-refractivity contribution is 7.23. The minimum atomic E-state index is 0.292. The van der Waals surface area contributed by atoms with Gasteiger partial charge in [0.05, 0.1) is 0 Å². The maximum atomic E-state index is 10.2. The predicted molar refractivity (Wildman–Crippen MR) is 121 cm³/mol. The number of hydrogen-bond donors (Lipinski definition) is 1. The molecule has 0 atom stereocenters. The smallest absolute Gasteiger partial charge is 0.124 e. The van der Waals surface area contributed by atoms with Gasteiger partial charge in [-0.15, -0.1) is 22.7 Å². The molecule has 0 unspecified atom stereocenters. The first-order valence-electron chi connectivity index (χ1n) is 9.75. The molecule has 2 heterocycles. The predicted octanol–water partition coefficient (Wildman–Crippen LogP) is 7.63. The second-order valence-corrected chi connectivity index (χ2v) is 8.75. The van der Waals surface area contributed by atoms with E-state index < -0.39 is 0 Å². The topological polar surface area (TPSA) is 32.6 Å². The van der Waals surface area contributed by atoms with Gasteiger partial charge >= 0.3 is 0 Å². The fourth-order valence-electron chi connectivity index (χ4n) is 3.00. The molecule has 0 aliphatic heterocycles. The molecule has 0 aliphatic rings. The van der Waals surface area contributed by atoms with Crippen molar-refractivity contribution >= 4 is 28.9 Å². The summed E-state index contributed by atoms with van der Waals surface area (Å²) in [5.74, 6) is 0.292. The van der Waals surface area contributed by atoms with Crippen LogP contribution in [0.4, 0.5) is 0 Å². The normalized spacial score (nSPS) is 11.4. The highest BCUT2D eigenvalue weighted by Crippen LogP contribution is 2.37. The van der Waals surface area contributed by atoms with Gasteiger partial charge in [0, 0.05) is 33.0 Å². The molecule has 3 aromatic rings. The molecule has 0 saturated heterocycles. The van der Waals surface area contributed by atoms with Crippen LogP contribution < -0.4 is 0 Å². The van der Waals surface area contributed by atoms with Gasteiger partial charge < -0.3 is 5.11 Å². The van der Waals surface area contributed by atoms with Gasteiger partial charge in [-0.25, -0.2) is 0 Å². The van der Waals surface area contributed by atoms with Crippen LogP contribution in [0.15, 0.2) is 52.8 Å². The minimum Gasteiger partial charge on any atom is -0.507 e.